The molecule has 1 aliphatic carbocycles. The molecule has 2 aliphatic rings. The Morgan fingerprint density at radius 3 is 2.78 bits per heavy atom. The summed E-state index contributed by atoms with van der Waals surface area (Å²) in [5, 5.41) is 4.77. The van der Waals surface area contributed by atoms with Crippen LogP contribution < -0.4 is 10.2 Å². The van der Waals surface area contributed by atoms with Crippen molar-refractivity contribution in [2.75, 3.05) is 25.0 Å². The van der Waals surface area contributed by atoms with Crippen molar-refractivity contribution in [2.24, 2.45) is 0 Å². The third kappa shape index (κ3) is 4.54. The molecule has 1 aromatic carbocycles. The van der Waals surface area contributed by atoms with Gasteiger partial charge in [-0.2, -0.15) is 9.37 Å². The molecule has 11 heteroatoms. The Morgan fingerprint density at radius 1 is 1.34 bits per heavy atom. The van der Waals surface area contributed by atoms with E-state index in [0.717, 1.165) is 12.8 Å². The van der Waals surface area contributed by atoms with Crippen molar-refractivity contribution >= 4 is 34.9 Å². The minimum absolute atomic E-state index is 0.101. The fourth-order valence-corrected chi connectivity index (χ4v) is 3.72. The molecule has 1 N–H and O–H groups in total. The summed E-state index contributed by atoms with van der Waals surface area (Å²) in [6.07, 6.45) is 2.28. The number of benzene rings is 1. The number of ether oxygens (including phenoxy) is 1. The number of nitrogens with zero attached hydrogens (tertiary/aromatic N) is 5. The Labute approximate surface area is 189 Å². The minimum Gasteiger partial charge on any atom is -0.447 e. The van der Waals surface area contributed by atoms with Gasteiger partial charge in [-0.15, -0.1) is 5.06 Å². The first-order valence-corrected chi connectivity index (χ1v) is 10.5. The van der Waals surface area contributed by atoms with Crippen molar-refractivity contribution in [3.63, 3.8) is 0 Å². The van der Waals surface area contributed by atoms with Crippen LogP contribution in [0.1, 0.15) is 26.7 Å². The molecule has 2 aromatic rings. The second kappa shape index (κ2) is 8.76. The van der Waals surface area contributed by atoms with Crippen LogP contribution >= 0.6 is 11.6 Å². The average molecular weight is 461 g/mol. The van der Waals surface area contributed by atoms with Gasteiger partial charge in [-0.1, -0.05) is 17.7 Å². The van der Waals surface area contributed by atoms with E-state index in [0.29, 0.717) is 31.0 Å². The molecular formula is C21H22ClFN6O3. The Hall–Kier alpha value is -3.16. The zero-order valence-electron chi connectivity index (χ0n) is 17.6. The van der Waals surface area contributed by atoms with Crippen LogP contribution in [0.3, 0.4) is 0 Å². The number of hydroxylamine groups is 2. The highest BCUT2D eigenvalue weighted by atomic mass is 35.5. The fourth-order valence-electron chi connectivity index (χ4n) is 3.50. The van der Waals surface area contributed by atoms with E-state index in [4.69, 9.17) is 27.7 Å². The Kier molecular flexibility index (Phi) is 6.04. The number of nitrogens with one attached hydrogen (secondary N) is 1. The molecule has 0 unspecified atom stereocenters. The molecule has 1 spiro atoms. The molecule has 1 aliphatic heterocycles. The van der Waals surface area contributed by atoms with Gasteiger partial charge in [-0.3, -0.25) is 0 Å². The van der Waals surface area contributed by atoms with E-state index < -0.39 is 5.82 Å². The lowest BCUT2D eigenvalue weighted by molar-refractivity contribution is -0.142. The zero-order valence-corrected chi connectivity index (χ0v) is 18.4. The summed E-state index contributed by atoms with van der Waals surface area (Å²) in [6.45, 7) is 11.9. The fraction of sp³-hybridized carbons (Fsp3) is 0.429. The van der Waals surface area contributed by atoms with Crippen LogP contribution in [-0.2, 0) is 4.74 Å². The number of aromatic nitrogens is 2. The second-order valence-electron chi connectivity index (χ2n) is 8.01. The van der Waals surface area contributed by atoms with Crippen molar-refractivity contribution in [1.29, 1.82) is 0 Å². The number of rotatable bonds is 5. The van der Waals surface area contributed by atoms with E-state index in [-0.39, 0.29) is 34.5 Å². The summed E-state index contributed by atoms with van der Waals surface area (Å²) in [7, 11) is 0. The van der Waals surface area contributed by atoms with E-state index in [9.17, 15) is 4.79 Å². The molecule has 1 amide bonds. The number of carbonyl (C=O) groups excluding carboxylic acids is 1. The van der Waals surface area contributed by atoms with Gasteiger partial charge >= 0.3 is 6.09 Å². The van der Waals surface area contributed by atoms with Crippen molar-refractivity contribution in [3.8, 4) is 5.88 Å². The summed E-state index contributed by atoms with van der Waals surface area (Å²) in [5.41, 5.74) is 0.399. The van der Waals surface area contributed by atoms with Crippen LogP contribution in [0, 0.1) is 12.4 Å². The molecule has 4 rings (SSSR count). The molecule has 1 saturated carbocycles. The third-order valence-electron chi connectivity index (χ3n) is 5.30. The first-order chi connectivity index (χ1) is 15.3. The second-order valence-corrected chi connectivity index (χ2v) is 8.42. The van der Waals surface area contributed by atoms with Gasteiger partial charge in [-0.25, -0.2) is 14.6 Å². The predicted octanol–water partition coefficient (Wildman–Crippen LogP) is 4.55. The summed E-state index contributed by atoms with van der Waals surface area (Å²) in [4.78, 5) is 30.9. The van der Waals surface area contributed by atoms with E-state index in [2.05, 4.69) is 20.1 Å². The number of hydrogen-bond acceptors (Lipinski definition) is 7. The van der Waals surface area contributed by atoms with Crippen LogP contribution in [-0.4, -0.2) is 57.3 Å². The smallest absolute Gasteiger partial charge is 0.410 e. The number of piperazine rings is 1. The minimum atomic E-state index is -0.768. The number of carbonyl (C=O) groups is 1. The number of halogens is 2. The van der Waals surface area contributed by atoms with Gasteiger partial charge in [0.2, 0.25) is 5.82 Å². The van der Waals surface area contributed by atoms with E-state index in [1.807, 2.05) is 0 Å². The highest BCUT2D eigenvalue weighted by Crippen LogP contribution is 2.45. The van der Waals surface area contributed by atoms with Gasteiger partial charge in [-0.05, 0) is 38.8 Å². The maximum absolute atomic E-state index is 15.1. The van der Waals surface area contributed by atoms with Gasteiger partial charge in [0.15, 0.2) is 11.5 Å². The normalized spacial score (nSPS) is 17.2. The number of amides is 1. The third-order valence-corrected chi connectivity index (χ3v) is 5.61. The number of anilines is 2. The molecule has 2 fully saturated rings. The molecule has 1 saturated heterocycles. The van der Waals surface area contributed by atoms with Crippen molar-refractivity contribution < 1.29 is 18.8 Å². The zero-order chi connectivity index (χ0) is 22.9. The highest BCUT2D eigenvalue weighted by molar-refractivity contribution is 6.33. The van der Waals surface area contributed by atoms with Gasteiger partial charge < -0.3 is 19.8 Å². The van der Waals surface area contributed by atoms with Gasteiger partial charge in [0, 0.05) is 13.1 Å². The van der Waals surface area contributed by atoms with Crippen LogP contribution in [0.25, 0.3) is 4.85 Å². The van der Waals surface area contributed by atoms with Crippen LogP contribution in [0.15, 0.2) is 24.5 Å². The molecule has 0 radical (unpaired) electrons. The maximum atomic E-state index is 15.1. The van der Waals surface area contributed by atoms with E-state index in [1.165, 1.54) is 12.4 Å². The largest absolute Gasteiger partial charge is 0.447 e. The molecule has 9 nitrogen and oxygen atoms in total. The van der Waals surface area contributed by atoms with Crippen molar-refractivity contribution in [2.45, 2.75) is 38.3 Å². The quantitative estimate of drug-likeness (QED) is 0.655. The summed E-state index contributed by atoms with van der Waals surface area (Å²) >= 11 is 6.17. The molecule has 0 bridgehead atoms. The summed E-state index contributed by atoms with van der Waals surface area (Å²) in [5.74, 6) is -1.09. The predicted molar refractivity (Wildman–Crippen MR) is 115 cm³/mol. The molecular weight excluding hydrogens is 439 g/mol. The maximum Gasteiger partial charge on any atom is 0.410 e. The Balaban J connectivity index is 1.47. The highest BCUT2D eigenvalue weighted by Gasteiger charge is 2.54. The van der Waals surface area contributed by atoms with Crippen LogP contribution in [0.4, 0.5) is 26.4 Å². The van der Waals surface area contributed by atoms with E-state index in [1.54, 1.807) is 35.9 Å². The first kappa shape index (κ1) is 22.0. The first-order valence-electron chi connectivity index (χ1n) is 10.2. The van der Waals surface area contributed by atoms with Crippen LogP contribution in [0.2, 0.25) is 5.02 Å². The van der Waals surface area contributed by atoms with Gasteiger partial charge in [0.1, 0.15) is 6.33 Å². The van der Waals surface area contributed by atoms with Crippen molar-refractivity contribution in [1.82, 2.24) is 19.9 Å². The lowest BCUT2D eigenvalue weighted by Gasteiger charge is -2.40. The lowest BCUT2D eigenvalue weighted by Crippen LogP contribution is -2.57. The molecule has 32 heavy (non-hydrogen) atoms. The average Bonchev–Trinajstić information content (AvgIpc) is 3.52. The standard InChI is InChI=1S/C21H22ClFN6O3/c1-13(2)31-20(30)28-8-9-29(21(11-28)6-7-21)32-19-17(23)18(25-12-26-19)27-16-5-4-14(24-3)10-15(16)22/h4-5,10,12-13H,6-9,11H2,1-2H3,(H,25,26,27). The van der Waals surface area contributed by atoms with E-state index >= 15 is 4.39 Å². The topological polar surface area (TPSA) is 84.2 Å². The monoisotopic (exact) mass is 460 g/mol. The lowest BCUT2D eigenvalue weighted by atomic mass is 10.2. The van der Waals surface area contributed by atoms with Crippen molar-refractivity contribution in [3.05, 3.63) is 46.8 Å². The summed E-state index contributed by atoms with van der Waals surface area (Å²) < 4.78 is 20.4. The van der Waals surface area contributed by atoms with Gasteiger partial charge in [0.05, 0.1) is 35.5 Å². The molecule has 0 atom stereocenters. The molecule has 1 aromatic heterocycles. The Morgan fingerprint density at radius 2 is 2.12 bits per heavy atom. The summed E-state index contributed by atoms with van der Waals surface area (Å²) in [6, 6.07) is 4.62. The molecule has 2 heterocycles. The van der Waals surface area contributed by atoms with Crippen LogP contribution in [0.5, 0.6) is 5.88 Å². The number of hydrogen-bond donors (Lipinski definition) is 1. The van der Waals surface area contributed by atoms with Gasteiger partial charge in [0.25, 0.3) is 5.88 Å². The SMILES string of the molecule is [C-]#[N+]c1ccc(Nc2ncnc(ON3CCN(C(=O)OC(C)C)CC34CC4)c2F)c(Cl)c1. The Bertz CT molecular complexity index is 1070. The molecule has 168 valence electrons.